The molecule has 7 heteroatoms. The van der Waals surface area contributed by atoms with Gasteiger partial charge in [-0.2, -0.15) is 5.26 Å². The second-order valence-electron chi connectivity index (χ2n) is 4.22. The number of carbonyl (C=O) groups is 1. The molecule has 20 heavy (non-hydrogen) atoms. The predicted octanol–water partition coefficient (Wildman–Crippen LogP) is 1.79. The lowest BCUT2D eigenvalue weighted by Gasteiger charge is -2.14. The topological polar surface area (TPSA) is 83.6 Å². The molecule has 0 saturated carbocycles. The Balaban J connectivity index is 1.94. The van der Waals surface area contributed by atoms with Crippen LogP contribution in [0.25, 0.3) is 0 Å². The molecular weight excluding hydrogens is 322 g/mol. The molecule has 0 aliphatic rings. The molecule has 1 amide bonds. The highest BCUT2D eigenvalue weighted by Gasteiger charge is 2.11. The summed E-state index contributed by atoms with van der Waals surface area (Å²) in [5.41, 5.74) is 1.01. The van der Waals surface area contributed by atoms with Crippen LogP contribution in [0.3, 0.4) is 0 Å². The maximum Gasteiger partial charge on any atom is 0.252 e. The molecule has 2 rings (SSSR count). The first-order chi connectivity index (χ1) is 9.58. The quantitative estimate of drug-likeness (QED) is 0.924. The van der Waals surface area contributed by atoms with Crippen molar-refractivity contribution in [3.63, 3.8) is 0 Å². The summed E-state index contributed by atoms with van der Waals surface area (Å²) in [6, 6.07) is 9.45. The number of nitrogens with one attached hydrogen (secondary N) is 1. The number of nitrogens with zero attached hydrogens (tertiary/aromatic N) is 4. The van der Waals surface area contributed by atoms with Crippen molar-refractivity contribution >= 4 is 21.8 Å². The van der Waals surface area contributed by atoms with Crippen LogP contribution >= 0.6 is 15.9 Å². The first kappa shape index (κ1) is 14.2. The number of nitriles is 1. The largest absolute Gasteiger partial charge is 0.348 e. The molecule has 0 aliphatic carbocycles. The number of amides is 1. The maximum atomic E-state index is 11.9. The lowest BCUT2D eigenvalue weighted by molar-refractivity contribution is -0.122. The summed E-state index contributed by atoms with van der Waals surface area (Å²) in [5, 5.41) is 15.3. The highest BCUT2D eigenvalue weighted by molar-refractivity contribution is 9.10. The number of hydrogen-bond acceptors (Lipinski definition) is 4. The molecule has 0 fully saturated rings. The summed E-state index contributed by atoms with van der Waals surface area (Å²) in [6.45, 7) is 1.94. The van der Waals surface area contributed by atoms with Gasteiger partial charge in [-0.25, -0.2) is 9.67 Å². The van der Waals surface area contributed by atoms with Crippen LogP contribution in [0.4, 0.5) is 0 Å². The Kier molecular flexibility index (Phi) is 4.48. The number of rotatable bonds is 4. The van der Waals surface area contributed by atoms with Crippen LogP contribution in [0.2, 0.25) is 0 Å². The number of hydrogen-bond donors (Lipinski definition) is 1. The highest BCUT2D eigenvalue weighted by Crippen LogP contribution is 2.16. The second kappa shape index (κ2) is 6.30. The Morgan fingerprint density at radius 1 is 1.50 bits per heavy atom. The minimum absolute atomic E-state index is 0.0373. The van der Waals surface area contributed by atoms with Gasteiger partial charge in [0.2, 0.25) is 5.91 Å². The second-order valence-corrected chi connectivity index (χ2v) is 5.13. The van der Waals surface area contributed by atoms with E-state index in [0.29, 0.717) is 0 Å². The Labute approximate surface area is 124 Å². The number of aromatic nitrogens is 3. The first-order valence-electron chi connectivity index (χ1n) is 5.93. The van der Waals surface area contributed by atoms with Crippen molar-refractivity contribution in [2.75, 3.05) is 0 Å². The molecule has 1 atom stereocenters. The smallest absolute Gasteiger partial charge is 0.252 e. The average Bonchev–Trinajstić information content (AvgIpc) is 2.86. The third-order valence-corrected chi connectivity index (χ3v) is 3.22. The van der Waals surface area contributed by atoms with Crippen molar-refractivity contribution in [1.82, 2.24) is 20.1 Å². The maximum absolute atomic E-state index is 11.9. The molecule has 1 N–H and O–H groups in total. The zero-order chi connectivity index (χ0) is 14.5. The Morgan fingerprint density at radius 2 is 2.20 bits per heavy atom. The molecule has 2 aromatic rings. The van der Waals surface area contributed by atoms with Crippen LogP contribution in [0.1, 0.15) is 24.4 Å². The number of halogens is 1. The van der Waals surface area contributed by atoms with Gasteiger partial charge in [0.15, 0.2) is 0 Å². The molecule has 0 radical (unpaired) electrons. The van der Waals surface area contributed by atoms with E-state index < -0.39 is 0 Å². The van der Waals surface area contributed by atoms with Gasteiger partial charge in [0.25, 0.3) is 5.82 Å². The van der Waals surface area contributed by atoms with Crippen LogP contribution in [0, 0.1) is 11.3 Å². The molecule has 1 aromatic carbocycles. The fraction of sp³-hybridized carbons (Fsp3) is 0.231. The normalized spacial score (nSPS) is 11.7. The van der Waals surface area contributed by atoms with Gasteiger partial charge in [0.1, 0.15) is 18.9 Å². The lowest BCUT2D eigenvalue weighted by atomic mass is 10.1. The van der Waals surface area contributed by atoms with E-state index in [0.717, 1.165) is 10.0 Å². The zero-order valence-corrected chi connectivity index (χ0v) is 12.3. The van der Waals surface area contributed by atoms with Crippen molar-refractivity contribution < 1.29 is 4.79 Å². The van der Waals surface area contributed by atoms with Gasteiger partial charge in [-0.15, -0.1) is 5.10 Å². The van der Waals surface area contributed by atoms with Gasteiger partial charge in [-0.1, -0.05) is 28.1 Å². The fourth-order valence-corrected chi connectivity index (χ4v) is 1.96. The SMILES string of the molecule is C[C@@H](NC(=O)Cn1cnc(C#N)n1)c1ccc(Br)cc1. The molecule has 1 aromatic heterocycles. The van der Waals surface area contributed by atoms with Crippen molar-refractivity contribution in [1.29, 1.82) is 5.26 Å². The summed E-state index contributed by atoms with van der Waals surface area (Å²) >= 11 is 3.37. The molecule has 0 spiro atoms. The van der Waals surface area contributed by atoms with Crippen molar-refractivity contribution in [3.05, 3.63) is 46.5 Å². The monoisotopic (exact) mass is 333 g/mol. The van der Waals surface area contributed by atoms with Crippen LogP contribution in [0.15, 0.2) is 35.1 Å². The predicted molar refractivity (Wildman–Crippen MR) is 75.4 cm³/mol. The van der Waals surface area contributed by atoms with Gasteiger partial charge in [-0.3, -0.25) is 4.79 Å². The zero-order valence-electron chi connectivity index (χ0n) is 10.7. The van der Waals surface area contributed by atoms with E-state index in [-0.39, 0.29) is 24.3 Å². The standard InChI is InChI=1S/C13H12BrN5O/c1-9(10-2-4-11(14)5-3-10)17-13(20)7-19-8-16-12(6-15)18-19/h2-5,8-9H,7H2,1H3,(H,17,20)/t9-/m1/s1. The molecule has 0 aliphatic heterocycles. The fourth-order valence-electron chi connectivity index (χ4n) is 1.69. The van der Waals surface area contributed by atoms with Crippen molar-refractivity contribution in [2.24, 2.45) is 0 Å². The van der Waals surface area contributed by atoms with Gasteiger partial charge in [0, 0.05) is 4.47 Å². The van der Waals surface area contributed by atoms with Crippen LogP contribution in [-0.4, -0.2) is 20.7 Å². The molecule has 0 unspecified atom stereocenters. The van der Waals surface area contributed by atoms with E-state index in [1.807, 2.05) is 37.3 Å². The van der Waals surface area contributed by atoms with E-state index in [9.17, 15) is 4.79 Å². The van der Waals surface area contributed by atoms with Gasteiger partial charge < -0.3 is 5.32 Å². The van der Waals surface area contributed by atoms with E-state index in [4.69, 9.17) is 5.26 Å². The molecule has 1 heterocycles. The summed E-state index contributed by atoms with van der Waals surface area (Å²) in [7, 11) is 0. The van der Waals surface area contributed by atoms with Crippen LogP contribution in [-0.2, 0) is 11.3 Å². The van der Waals surface area contributed by atoms with Gasteiger partial charge >= 0.3 is 0 Å². The van der Waals surface area contributed by atoms with Gasteiger partial charge in [-0.05, 0) is 24.6 Å². The molecular formula is C13H12BrN5O. The molecule has 102 valence electrons. The third-order valence-electron chi connectivity index (χ3n) is 2.69. The Hall–Kier alpha value is -2.20. The molecule has 6 nitrogen and oxygen atoms in total. The molecule has 0 bridgehead atoms. The third kappa shape index (κ3) is 3.65. The van der Waals surface area contributed by atoms with E-state index in [1.165, 1.54) is 11.0 Å². The summed E-state index contributed by atoms with van der Waals surface area (Å²) in [6.07, 6.45) is 1.36. The summed E-state index contributed by atoms with van der Waals surface area (Å²) in [4.78, 5) is 15.6. The lowest BCUT2D eigenvalue weighted by Crippen LogP contribution is -2.30. The average molecular weight is 334 g/mol. The molecule has 0 saturated heterocycles. The minimum atomic E-state index is -0.185. The van der Waals surface area contributed by atoms with Crippen molar-refractivity contribution in [3.8, 4) is 6.07 Å². The first-order valence-corrected chi connectivity index (χ1v) is 6.72. The number of benzene rings is 1. The van der Waals surface area contributed by atoms with E-state index in [1.54, 1.807) is 0 Å². The highest BCUT2D eigenvalue weighted by atomic mass is 79.9. The summed E-state index contributed by atoms with van der Waals surface area (Å²) < 4.78 is 2.33. The van der Waals surface area contributed by atoms with Gasteiger partial charge in [0.05, 0.1) is 6.04 Å². The van der Waals surface area contributed by atoms with Crippen LogP contribution in [0.5, 0.6) is 0 Å². The summed E-state index contributed by atoms with van der Waals surface area (Å²) in [5.74, 6) is -0.131. The van der Waals surface area contributed by atoms with Crippen molar-refractivity contribution in [2.45, 2.75) is 19.5 Å². The minimum Gasteiger partial charge on any atom is -0.348 e. The Morgan fingerprint density at radius 3 is 2.80 bits per heavy atom. The van der Waals surface area contributed by atoms with Crippen LogP contribution < -0.4 is 5.32 Å². The number of carbonyl (C=O) groups excluding carboxylic acids is 1. The van der Waals surface area contributed by atoms with E-state index >= 15 is 0 Å². The Bertz CT molecular complexity index is 644. The van der Waals surface area contributed by atoms with E-state index in [2.05, 4.69) is 31.3 Å².